The fourth-order valence-corrected chi connectivity index (χ4v) is 2.02. The molecule has 0 bridgehead atoms. The molecule has 0 saturated heterocycles. The van der Waals surface area contributed by atoms with E-state index >= 15 is 0 Å². The van der Waals surface area contributed by atoms with Gasteiger partial charge < -0.3 is 10.4 Å². The van der Waals surface area contributed by atoms with Crippen molar-refractivity contribution in [2.24, 2.45) is 0 Å². The van der Waals surface area contributed by atoms with E-state index in [0.717, 1.165) is 34.8 Å². The van der Waals surface area contributed by atoms with Gasteiger partial charge in [0.2, 0.25) is 0 Å². The highest BCUT2D eigenvalue weighted by molar-refractivity contribution is 9.10. The zero-order chi connectivity index (χ0) is 10.9. The van der Waals surface area contributed by atoms with E-state index in [1.807, 2.05) is 23.9 Å². The average molecular weight is 291 g/mol. The van der Waals surface area contributed by atoms with E-state index in [1.165, 1.54) is 0 Å². The fourth-order valence-electron chi connectivity index (χ4n) is 1.00. The largest absolute Gasteiger partial charge is 0.396 e. The van der Waals surface area contributed by atoms with E-state index in [4.69, 9.17) is 5.11 Å². The van der Waals surface area contributed by atoms with Crippen LogP contribution in [0.25, 0.3) is 0 Å². The van der Waals surface area contributed by atoms with Crippen LogP contribution in [0.5, 0.6) is 0 Å². The van der Waals surface area contributed by atoms with Gasteiger partial charge in [-0.25, -0.2) is 4.98 Å². The molecule has 84 valence electrons. The van der Waals surface area contributed by atoms with Crippen LogP contribution in [-0.4, -0.2) is 34.7 Å². The van der Waals surface area contributed by atoms with Gasteiger partial charge >= 0.3 is 0 Å². The third kappa shape index (κ3) is 6.02. The number of nitrogens with zero attached hydrogens (tertiary/aromatic N) is 1. The Balaban J connectivity index is 2.07. The normalized spacial score (nSPS) is 10.3. The number of anilines is 1. The molecule has 1 heterocycles. The van der Waals surface area contributed by atoms with Gasteiger partial charge in [0.1, 0.15) is 5.82 Å². The summed E-state index contributed by atoms with van der Waals surface area (Å²) in [6.07, 6.45) is 2.66. The first-order valence-corrected chi connectivity index (χ1v) is 6.81. The lowest BCUT2D eigenvalue weighted by atomic mass is 10.4. The molecule has 2 N–H and O–H groups in total. The molecule has 0 fully saturated rings. The Labute approximate surface area is 103 Å². The molecule has 0 atom stereocenters. The van der Waals surface area contributed by atoms with Crippen molar-refractivity contribution in [3.8, 4) is 0 Å². The highest BCUT2D eigenvalue weighted by Gasteiger charge is 1.93. The van der Waals surface area contributed by atoms with Gasteiger partial charge in [0, 0.05) is 29.6 Å². The van der Waals surface area contributed by atoms with Crippen molar-refractivity contribution in [1.82, 2.24) is 4.98 Å². The molecular formula is C10H15BrN2OS. The quantitative estimate of drug-likeness (QED) is 0.757. The van der Waals surface area contributed by atoms with Crippen molar-refractivity contribution in [2.45, 2.75) is 6.42 Å². The Bertz CT molecular complexity index is 269. The Hall–Kier alpha value is -0.260. The molecule has 0 radical (unpaired) electrons. The van der Waals surface area contributed by atoms with Crippen molar-refractivity contribution in [2.75, 3.05) is 30.0 Å². The molecule has 5 heteroatoms. The Morgan fingerprint density at radius 3 is 2.93 bits per heavy atom. The standard InChI is InChI=1S/C10H15BrN2OS/c11-9-2-3-10(13-8-9)12-4-7-15-6-1-5-14/h2-3,8,14H,1,4-7H2,(H,12,13). The van der Waals surface area contributed by atoms with Crippen LogP contribution in [0.3, 0.4) is 0 Å². The van der Waals surface area contributed by atoms with Gasteiger partial charge in [-0.1, -0.05) is 0 Å². The summed E-state index contributed by atoms with van der Waals surface area (Å²) in [6.45, 7) is 1.19. The fraction of sp³-hybridized carbons (Fsp3) is 0.500. The maximum atomic E-state index is 8.58. The highest BCUT2D eigenvalue weighted by atomic mass is 79.9. The van der Waals surface area contributed by atoms with Crippen LogP contribution in [-0.2, 0) is 0 Å². The molecule has 15 heavy (non-hydrogen) atoms. The Morgan fingerprint density at radius 2 is 2.27 bits per heavy atom. The second kappa shape index (κ2) is 7.96. The molecule has 0 aromatic carbocycles. The number of aromatic nitrogens is 1. The molecule has 1 aromatic rings. The first-order chi connectivity index (χ1) is 7.33. The molecule has 3 nitrogen and oxygen atoms in total. The smallest absolute Gasteiger partial charge is 0.125 e. The van der Waals surface area contributed by atoms with Crippen molar-refractivity contribution in [3.63, 3.8) is 0 Å². The van der Waals surface area contributed by atoms with Gasteiger partial charge in [0.25, 0.3) is 0 Å². The van der Waals surface area contributed by atoms with Gasteiger partial charge in [-0.3, -0.25) is 0 Å². The number of halogens is 1. The molecule has 0 spiro atoms. The summed E-state index contributed by atoms with van der Waals surface area (Å²) in [7, 11) is 0. The second-order valence-corrected chi connectivity index (χ2v) is 5.12. The minimum absolute atomic E-state index is 0.286. The molecule has 0 amide bonds. The molecular weight excluding hydrogens is 276 g/mol. The summed E-state index contributed by atoms with van der Waals surface area (Å²) in [5.41, 5.74) is 0. The van der Waals surface area contributed by atoms with Crippen LogP contribution in [0.1, 0.15) is 6.42 Å². The lowest BCUT2D eigenvalue weighted by Crippen LogP contribution is -2.05. The summed E-state index contributed by atoms with van der Waals surface area (Å²) >= 11 is 5.18. The van der Waals surface area contributed by atoms with E-state index in [1.54, 1.807) is 6.20 Å². The molecule has 0 aliphatic heterocycles. The third-order valence-electron chi connectivity index (χ3n) is 1.73. The number of hydrogen-bond acceptors (Lipinski definition) is 4. The van der Waals surface area contributed by atoms with Crippen LogP contribution in [0.2, 0.25) is 0 Å². The van der Waals surface area contributed by atoms with Crippen LogP contribution < -0.4 is 5.32 Å². The lowest BCUT2D eigenvalue weighted by molar-refractivity contribution is 0.296. The molecule has 0 saturated carbocycles. The van der Waals surface area contributed by atoms with Crippen molar-refractivity contribution >= 4 is 33.5 Å². The van der Waals surface area contributed by atoms with Gasteiger partial charge in [-0.15, -0.1) is 0 Å². The summed E-state index contributed by atoms with van der Waals surface area (Å²) in [5, 5.41) is 11.8. The van der Waals surface area contributed by atoms with Crippen molar-refractivity contribution in [3.05, 3.63) is 22.8 Å². The topological polar surface area (TPSA) is 45.1 Å². The third-order valence-corrected chi connectivity index (χ3v) is 3.27. The number of aliphatic hydroxyl groups is 1. The number of hydrogen-bond donors (Lipinski definition) is 2. The lowest BCUT2D eigenvalue weighted by Gasteiger charge is -2.04. The van der Waals surface area contributed by atoms with Crippen molar-refractivity contribution < 1.29 is 5.11 Å². The van der Waals surface area contributed by atoms with E-state index < -0.39 is 0 Å². The maximum Gasteiger partial charge on any atom is 0.125 e. The minimum atomic E-state index is 0.286. The first kappa shape index (κ1) is 12.8. The number of aliphatic hydroxyl groups excluding tert-OH is 1. The minimum Gasteiger partial charge on any atom is -0.396 e. The monoisotopic (exact) mass is 290 g/mol. The van der Waals surface area contributed by atoms with Crippen LogP contribution >= 0.6 is 27.7 Å². The van der Waals surface area contributed by atoms with Crippen LogP contribution in [0, 0.1) is 0 Å². The number of thioether (sulfide) groups is 1. The Morgan fingerprint density at radius 1 is 1.40 bits per heavy atom. The molecule has 0 aliphatic carbocycles. The number of pyridine rings is 1. The van der Waals surface area contributed by atoms with E-state index in [9.17, 15) is 0 Å². The first-order valence-electron chi connectivity index (χ1n) is 4.87. The predicted octanol–water partition coefficient (Wildman–Crippen LogP) is 2.37. The van der Waals surface area contributed by atoms with Crippen LogP contribution in [0.4, 0.5) is 5.82 Å². The molecule has 1 aromatic heterocycles. The Kier molecular flexibility index (Phi) is 6.80. The average Bonchev–Trinajstić information content (AvgIpc) is 2.26. The molecule has 0 aliphatic rings. The SMILES string of the molecule is OCCCSCCNc1ccc(Br)cn1. The zero-order valence-corrected chi connectivity index (χ0v) is 10.9. The van der Waals surface area contributed by atoms with Gasteiger partial charge in [0.05, 0.1) is 0 Å². The summed E-state index contributed by atoms with van der Waals surface area (Å²) < 4.78 is 0.991. The van der Waals surface area contributed by atoms with Crippen molar-refractivity contribution in [1.29, 1.82) is 0 Å². The maximum absolute atomic E-state index is 8.58. The van der Waals surface area contributed by atoms with Gasteiger partial charge in [0.15, 0.2) is 0 Å². The van der Waals surface area contributed by atoms with Crippen LogP contribution in [0.15, 0.2) is 22.8 Å². The summed E-state index contributed by atoms with van der Waals surface area (Å²) in [4.78, 5) is 4.20. The van der Waals surface area contributed by atoms with E-state index in [2.05, 4.69) is 26.2 Å². The molecule has 0 unspecified atom stereocenters. The van der Waals surface area contributed by atoms with E-state index in [-0.39, 0.29) is 6.61 Å². The zero-order valence-electron chi connectivity index (χ0n) is 8.45. The molecule has 1 rings (SSSR count). The highest BCUT2D eigenvalue weighted by Crippen LogP contribution is 2.10. The second-order valence-electron chi connectivity index (χ2n) is 2.98. The summed E-state index contributed by atoms with van der Waals surface area (Å²) in [5.74, 6) is 2.96. The van der Waals surface area contributed by atoms with E-state index in [0.29, 0.717) is 0 Å². The van der Waals surface area contributed by atoms with Gasteiger partial charge in [-0.05, 0) is 40.2 Å². The van der Waals surface area contributed by atoms with Gasteiger partial charge in [-0.2, -0.15) is 11.8 Å². The predicted molar refractivity (Wildman–Crippen MR) is 69.5 cm³/mol. The number of rotatable bonds is 7. The summed E-state index contributed by atoms with van der Waals surface area (Å²) in [6, 6.07) is 3.91. The number of nitrogens with one attached hydrogen (secondary N) is 1.